The largest absolute Gasteiger partial charge is 0.374 e. The van der Waals surface area contributed by atoms with Gasteiger partial charge in [0.15, 0.2) is 0 Å². The molecule has 16 heavy (non-hydrogen) atoms. The maximum absolute atomic E-state index is 11.0. The first-order valence-electron chi connectivity index (χ1n) is 5.57. The Morgan fingerprint density at radius 3 is 2.88 bits per heavy atom. The van der Waals surface area contributed by atoms with Gasteiger partial charge in [0.1, 0.15) is 5.70 Å². The molecule has 0 aromatic rings. The molecule has 0 aliphatic carbocycles. The van der Waals surface area contributed by atoms with Crippen LogP contribution in [0.1, 0.15) is 13.3 Å². The summed E-state index contributed by atoms with van der Waals surface area (Å²) in [6, 6.07) is 0.150. The predicted molar refractivity (Wildman–Crippen MR) is 63.5 cm³/mol. The Hall–Kier alpha value is -1.55. The number of rotatable bonds is 2. The maximum atomic E-state index is 11.0. The van der Waals surface area contributed by atoms with Gasteiger partial charge in [0, 0.05) is 12.6 Å². The quantitative estimate of drug-likeness (QED) is 0.621. The summed E-state index contributed by atoms with van der Waals surface area (Å²) >= 11 is 0. The number of nitrogens with one attached hydrogen (secondary N) is 2. The molecule has 2 aliphatic rings. The van der Waals surface area contributed by atoms with Crippen molar-refractivity contribution < 1.29 is 4.79 Å². The van der Waals surface area contributed by atoms with E-state index in [2.05, 4.69) is 16.7 Å². The van der Waals surface area contributed by atoms with Crippen molar-refractivity contribution >= 4 is 5.91 Å². The Bertz CT molecular complexity index is 393. The van der Waals surface area contributed by atoms with E-state index < -0.39 is 5.91 Å². The Balaban J connectivity index is 2.22. The molecule has 1 amide bonds. The van der Waals surface area contributed by atoms with Gasteiger partial charge in [-0.1, -0.05) is 12.2 Å². The standard InChI is InChI=1S/C12H17N3O/c1-8-10(9-4-6-14-7-5-9)2-3-11(15-8)12(13)16/h2-4,8,14-15H,5-7H2,1H3,(H2,13,16). The summed E-state index contributed by atoms with van der Waals surface area (Å²) in [5.74, 6) is -0.401. The highest BCUT2D eigenvalue weighted by Gasteiger charge is 2.19. The molecule has 0 aromatic carbocycles. The van der Waals surface area contributed by atoms with Gasteiger partial charge in [-0.05, 0) is 37.1 Å². The van der Waals surface area contributed by atoms with Crippen LogP contribution in [0.5, 0.6) is 0 Å². The van der Waals surface area contributed by atoms with Crippen molar-refractivity contribution in [2.45, 2.75) is 19.4 Å². The summed E-state index contributed by atoms with van der Waals surface area (Å²) in [5.41, 5.74) is 8.34. The molecule has 1 unspecified atom stereocenters. The number of nitrogens with two attached hydrogens (primary N) is 1. The van der Waals surface area contributed by atoms with Gasteiger partial charge in [-0.25, -0.2) is 0 Å². The molecule has 2 heterocycles. The lowest BCUT2D eigenvalue weighted by Crippen LogP contribution is -2.37. The number of hydrogen-bond acceptors (Lipinski definition) is 3. The van der Waals surface area contributed by atoms with E-state index in [1.165, 1.54) is 11.1 Å². The molecule has 2 aliphatic heterocycles. The number of hydrogen-bond donors (Lipinski definition) is 3. The molecular formula is C12H17N3O. The van der Waals surface area contributed by atoms with Crippen molar-refractivity contribution in [1.29, 1.82) is 0 Å². The first kappa shape index (κ1) is 11.0. The molecule has 86 valence electrons. The van der Waals surface area contributed by atoms with Crippen LogP contribution in [0.2, 0.25) is 0 Å². The maximum Gasteiger partial charge on any atom is 0.264 e. The van der Waals surface area contributed by atoms with Crippen LogP contribution >= 0.6 is 0 Å². The molecule has 2 rings (SSSR count). The lowest BCUT2D eigenvalue weighted by atomic mass is 9.92. The fourth-order valence-electron chi connectivity index (χ4n) is 2.10. The topological polar surface area (TPSA) is 67.1 Å². The lowest BCUT2D eigenvalue weighted by molar-refractivity contribution is -0.115. The normalized spacial score (nSPS) is 25.1. The zero-order chi connectivity index (χ0) is 11.5. The van der Waals surface area contributed by atoms with Crippen LogP contribution in [-0.4, -0.2) is 25.0 Å². The summed E-state index contributed by atoms with van der Waals surface area (Å²) in [6.07, 6.45) is 7.01. The Kier molecular flexibility index (Phi) is 3.10. The fraction of sp³-hybridized carbons (Fsp3) is 0.417. The number of carbonyl (C=O) groups is 1. The minimum absolute atomic E-state index is 0.150. The first-order chi connectivity index (χ1) is 7.68. The van der Waals surface area contributed by atoms with Crippen LogP contribution in [0, 0.1) is 0 Å². The highest BCUT2D eigenvalue weighted by Crippen LogP contribution is 2.22. The number of carbonyl (C=O) groups excluding carboxylic acids is 1. The molecule has 0 saturated heterocycles. The molecule has 4 nitrogen and oxygen atoms in total. The number of dihydropyridines is 1. The van der Waals surface area contributed by atoms with E-state index in [-0.39, 0.29) is 6.04 Å². The van der Waals surface area contributed by atoms with E-state index in [0.717, 1.165) is 19.5 Å². The van der Waals surface area contributed by atoms with Crippen LogP contribution < -0.4 is 16.4 Å². The van der Waals surface area contributed by atoms with Gasteiger partial charge in [0.25, 0.3) is 5.91 Å². The van der Waals surface area contributed by atoms with Crippen molar-refractivity contribution in [3.05, 3.63) is 35.1 Å². The van der Waals surface area contributed by atoms with Crippen LogP contribution in [0.4, 0.5) is 0 Å². The van der Waals surface area contributed by atoms with Gasteiger partial charge < -0.3 is 16.4 Å². The van der Waals surface area contributed by atoms with Gasteiger partial charge in [0.05, 0.1) is 0 Å². The van der Waals surface area contributed by atoms with Crippen molar-refractivity contribution in [2.24, 2.45) is 5.73 Å². The highest BCUT2D eigenvalue weighted by molar-refractivity contribution is 5.92. The first-order valence-corrected chi connectivity index (χ1v) is 5.57. The number of primary amides is 1. The minimum Gasteiger partial charge on any atom is -0.374 e. The summed E-state index contributed by atoms with van der Waals surface area (Å²) in [7, 11) is 0. The summed E-state index contributed by atoms with van der Waals surface area (Å²) < 4.78 is 0. The van der Waals surface area contributed by atoms with Crippen LogP contribution in [0.15, 0.2) is 35.1 Å². The molecule has 0 radical (unpaired) electrons. The van der Waals surface area contributed by atoms with E-state index in [9.17, 15) is 4.79 Å². The predicted octanol–water partition coefficient (Wildman–Crippen LogP) is 0.193. The molecular weight excluding hydrogens is 202 g/mol. The molecule has 0 aromatic heterocycles. The summed E-state index contributed by atoms with van der Waals surface area (Å²) in [5, 5.41) is 6.40. The van der Waals surface area contributed by atoms with Crippen molar-refractivity contribution in [3.8, 4) is 0 Å². The van der Waals surface area contributed by atoms with E-state index in [1.54, 1.807) is 6.08 Å². The second kappa shape index (κ2) is 4.53. The molecule has 4 N–H and O–H groups in total. The van der Waals surface area contributed by atoms with Crippen LogP contribution in [0.25, 0.3) is 0 Å². The number of allylic oxidation sites excluding steroid dienone is 2. The third-order valence-corrected chi connectivity index (χ3v) is 2.97. The monoisotopic (exact) mass is 219 g/mol. The van der Waals surface area contributed by atoms with Gasteiger partial charge >= 0.3 is 0 Å². The molecule has 0 bridgehead atoms. The minimum atomic E-state index is -0.401. The van der Waals surface area contributed by atoms with Crippen LogP contribution in [-0.2, 0) is 4.79 Å². The van der Waals surface area contributed by atoms with Gasteiger partial charge in [-0.2, -0.15) is 0 Å². The highest BCUT2D eigenvalue weighted by atomic mass is 16.1. The van der Waals surface area contributed by atoms with E-state index in [0.29, 0.717) is 5.70 Å². The van der Waals surface area contributed by atoms with E-state index >= 15 is 0 Å². The second-order valence-electron chi connectivity index (χ2n) is 4.12. The van der Waals surface area contributed by atoms with Crippen molar-refractivity contribution in [1.82, 2.24) is 10.6 Å². The second-order valence-corrected chi connectivity index (χ2v) is 4.12. The summed E-state index contributed by atoms with van der Waals surface area (Å²) in [4.78, 5) is 11.0. The Morgan fingerprint density at radius 1 is 1.50 bits per heavy atom. The lowest BCUT2D eigenvalue weighted by Gasteiger charge is -2.26. The third-order valence-electron chi connectivity index (χ3n) is 2.97. The van der Waals surface area contributed by atoms with Gasteiger partial charge in [-0.15, -0.1) is 0 Å². The average molecular weight is 219 g/mol. The Morgan fingerprint density at radius 2 is 2.31 bits per heavy atom. The Labute approximate surface area is 95.3 Å². The molecule has 0 fully saturated rings. The smallest absolute Gasteiger partial charge is 0.264 e. The van der Waals surface area contributed by atoms with Crippen LogP contribution in [0.3, 0.4) is 0 Å². The van der Waals surface area contributed by atoms with Crippen molar-refractivity contribution in [3.63, 3.8) is 0 Å². The zero-order valence-electron chi connectivity index (χ0n) is 9.42. The SMILES string of the molecule is CC1NC(C(N)=O)=CC=C1C1=CCNCC1. The molecule has 1 atom stereocenters. The molecule has 0 saturated carbocycles. The fourth-order valence-corrected chi connectivity index (χ4v) is 2.10. The molecule has 4 heteroatoms. The zero-order valence-corrected chi connectivity index (χ0v) is 9.42. The number of amides is 1. The van der Waals surface area contributed by atoms with Gasteiger partial charge in [-0.3, -0.25) is 4.79 Å². The van der Waals surface area contributed by atoms with Crippen molar-refractivity contribution in [2.75, 3.05) is 13.1 Å². The molecule has 0 spiro atoms. The third kappa shape index (κ3) is 2.17. The van der Waals surface area contributed by atoms with E-state index in [1.807, 2.05) is 13.0 Å². The van der Waals surface area contributed by atoms with Gasteiger partial charge in [0.2, 0.25) is 0 Å². The van der Waals surface area contributed by atoms with E-state index in [4.69, 9.17) is 5.73 Å². The summed E-state index contributed by atoms with van der Waals surface area (Å²) in [6.45, 7) is 3.98. The average Bonchev–Trinajstić information content (AvgIpc) is 2.30.